The summed E-state index contributed by atoms with van der Waals surface area (Å²) in [4.78, 5) is 0. The maximum absolute atomic E-state index is 7.56. The zero-order chi connectivity index (χ0) is 4.83. The van der Waals surface area contributed by atoms with E-state index < -0.39 is 0 Å². The van der Waals surface area contributed by atoms with Gasteiger partial charge in [0.2, 0.25) is 0 Å². The largest absolute Gasteiger partial charge is 0.411 e. The standard InChI is InChI=1S/C2H4N2O2.Co/c5-3-1-2-4-6;/h1-2,5-6H;/b3-1-,4-2-;. The third kappa shape index (κ3) is 10.8. The number of nitrogens with zero attached hydrogens (tertiary/aromatic N) is 2. The zero-order valence-electron chi connectivity index (χ0n) is 3.28. The molecule has 4 nitrogen and oxygen atoms in total. The molecule has 2 N–H and O–H groups in total. The van der Waals surface area contributed by atoms with Crippen molar-refractivity contribution in [3.8, 4) is 0 Å². The monoisotopic (exact) mass is 147 g/mol. The zero-order valence-corrected chi connectivity index (χ0v) is 4.32. The van der Waals surface area contributed by atoms with Crippen LogP contribution < -0.4 is 0 Å². The molecule has 0 unspecified atom stereocenters. The molecule has 0 fully saturated rings. The average Bonchev–Trinajstić information content (AvgIpc) is 1.61. The van der Waals surface area contributed by atoms with Crippen LogP contribution in [0, 0.1) is 0 Å². The van der Waals surface area contributed by atoms with Gasteiger partial charge in [0.25, 0.3) is 0 Å². The Bertz CT molecular complexity index is 62.1. The summed E-state index contributed by atoms with van der Waals surface area (Å²) in [6.45, 7) is 0. The summed E-state index contributed by atoms with van der Waals surface area (Å²) in [7, 11) is 0. The molecule has 5 heteroatoms. The van der Waals surface area contributed by atoms with Crippen molar-refractivity contribution >= 4 is 12.4 Å². The summed E-state index contributed by atoms with van der Waals surface area (Å²) < 4.78 is 0. The predicted octanol–water partition coefficient (Wildman–Crippen LogP) is -0.0961. The molecule has 7 heavy (non-hydrogen) atoms. The molecule has 0 rings (SSSR count). The van der Waals surface area contributed by atoms with Gasteiger partial charge < -0.3 is 10.4 Å². The fraction of sp³-hybridized carbons (Fsp3) is 0. The third-order valence-electron chi connectivity index (χ3n) is 0.200. The summed E-state index contributed by atoms with van der Waals surface area (Å²) in [5.41, 5.74) is 0. The number of hydrogen-bond acceptors (Lipinski definition) is 4. The van der Waals surface area contributed by atoms with Crippen LogP contribution in [-0.4, -0.2) is 22.8 Å². The Balaban J connectivity index is 0. The van der Waals surface area contributed by atoms with Crippen molar-refractivity contribution in [3.63, 3.8) is 0 Å². The van der Waals surface area contributed by atoms with Crippen molar-refractivity contribution in [3.05, 3.63) is 0 Å². The molecular weight excluding hydrogens is 143 g/mol. The van der Waals surface area contributed by atoms with Gasteiger partial charge in [0.1, 0.15) is 0 Å². The Kier molecular flexibility index (Phi) is 12.5. The van der Waals surface area contributed by atoms with Crippen LogP contribution in [-0.2, 0) is 16.8 Å². The minimum absolute atomic E-state index is 0. The number of oxime groups is 2. The van der Waals surface area contributed by atoms with E-state index in [0.29, 0.717) is 0 Å². The van der Waals surface area contributed by atoms with Gasteiger partial charge >= 0.3 is 0 Å². The SMILES string of the molecule is O/N=C\C=N/O.[Co]. The Morgan fingerprint density at radius 2 is 1.29 bits per heavy atom. The van der Waals surface area contributed by atoms with Gasteiger partial charge in [-0.25, -0.2) is 0 Å². The molecule has 0 heterocycles. The van der Waals surface area contributed by atoms with E-state index in [2.05, 4.69) is 10.3 Å². The molecule has 0 spiro atoms. The second kappa shape index (κ2) is 9.07. The second-order valence-electron chi connectivity index (χ2n) is 0.529. The van der Waals surface area contributed by atoms with E-state index in [1.807, 2.05) is 0 Å². The molecule has 0 amide bonds. The fourth-order valence-electron chi connectivity index (χ4n) is 0.0596. The maximum atomic E-state index is 7.56. The molecule has 0 saturated heterocycles. The first-order chi connectivity index (χ1) is 2.91. The van der Waals surface area contributed by atoms with E-state index in [4.69, 9.17) is 10.4 Å². The summed E-state index contributed by atoms with van der Waals surface area (Å²) >= 11 is 0. The van der Waals surface area contributed by atoms with Crippen molar-refractivity contribution in [2.45, 2.75) is 0 Å². The van der Waals surface area contributed by atoms with Crippen LogP contribution in [0.15, 0.2) is 10.3 Å². The molecule has 0 aromatic carbocycles. The van der Waals surface area contributed by atoms with E-state index in [1.165, 1.54) is 0 Å². The van der Waals surface area contributed by atoms with E-state index in [0.717, 1.165) is 12.4 Å². The van der Waals surface area contributed by atoms with Gasteiger partial charge in [0, 0.05) is 16.8 Å². The van der Waals surface area contributed by atoms with Crippen molar-refractivity contribution in [2.24, 2.45) is 10.3 Å². The van der Waals surface area contributed by atoms with Gasteiger partial charge in [-0.1, -0.05) is 10.3 Å². The van der Waals surface area contributed by atoms with Crippen LogP contribution >= 0.6 is 0 Å². The Hall–Kier alpha value is -0.554. The molecular formula is C2H4CoN2O2. The molecule has 0 atom stereocenters. The fourth-order valence-corrected chi connectivity index (χ4v) is 0.0596. The van der Waals surface area contributed by atoms with Crippen molar-refractivity contribution in [1.29, 1.82) is 0 Å². The molecule has 0 aliphatic heterocycles. The normalized spacial score (nSPS) is 9.71. The Morgan fingerprint density at radius 1 is 1.00 bits per heavy atom. The quantitative estimate of drug-likeness (QED) is 0.309. The summed E-state index contributed by atoms with van der Waals surface area (Å²) in [5, 5.41) is 20.1. The summed E-state index contributed by atoms with van der Waals surface area (Å²) in [5.74, 6) is 0. The molecule has 0 saturated carbocycles. The van der Waals surface area contributed by atoms with Crippen LogP contribution in [0.4, 0.5) is 0 Å². The number of rotatable bonds is 1. The van der Waals surface area contributed by atoms with E-state index in [-0.39, 0.29) is 16.8 Å². The van der Waals surface area contributed by atoms with Crippen molar-refractivity contribution < 1.29 is 27.2 Å². The van der Waals surface area contributed by atoms with Gasteiger partial charge in [-0.3, -0.25) is 0 Å². The molecule has 0 aromatic heterocycles. The van der Waals surface area contributed by atoms with E-state index in [1.54, 1.807) is 0 Å². The Morgan fingerprint density at radius 3 is 1.43 bits per heavy atom. The van der Waals surface area contributed by atoms with Gasteiger partial charge in [-0.05, 0) is 0 Å². The molecule has 0 bridgehead atoms. The van der Waals surface area contributed by atoms with E-state index in [9.17, 15) is 0 Å². The van der Waals surface area contributed by atoms with E-state index >= 15 is 0 Å². The molecule has 1 radical (unpaired) electrons. The second-order valence-corrected chi connectivity index (χ2v) is 0.529. The van der Waals surface area contributed by atoms with Crippen LogP contribution in [0.5, 0.6) is 0 Å². The first-order valence-electron chi connectivity index (χ1n) is 1.25. The minimum Gasteiger partial charge on any atom is -0.411 e. The van der Waals surface area contributed by atoms with Crippen LogP contribution in [0.3, 0.4) is 0 Å². The first-order valence-corrected chi connectivity index (χ1v) is 1.25. The van der Waals surface area contributed by atoms with Gasteiger partial charge in [-0.15, -0.1) is 0 Å². The van der Waals surface area contributed by atoms with Crippen LogP contribution in [0.25, 0.3) is 0 Å². The average molecular weight is 147 g/mol. The van der Waals surface area contributed by atoms with Crippen LogP contribution in [0.1, 0.15) is 0 Å². The summed E-state index contributed by atoms with van der Waals surface area (Å²) in [6.07, 6.45) is 1.89. The molecule has 0 aliphatic carbocycles. The first kappa shape index (κ1) is 9.67. The summed E-state index contributed by atoms with van der Waals surface area (Å²) in [6, 6.07) is 0. The van der Waals surface area contributed by atoms with Gasteiger partial charge in [-0.2, -0.15) is 0 Å². The predicted molar refractivity (Wildman–Crippen MR) is 20.6 cm³/mol. The van der Waals surface area contributed by atoms with Crippen molar-refractivity contribution in [1.82, 2.24) is 0 Å². The maximum Gasteiger partial charge on any atom is 0.0877 e. The molecule has 43 valence electrons. The van der Waals surface area contributed by atoms with Gasteiger partial charge in [0.15, 0.2) is 0 Å². The topological polar surface area (TPSA) is 65.2 Å². The molecule has 0 aliphatic rings. The third-order valence-corrected chi connectivity index (χ3v) is 0.200. The van der Waals surface area contributed by atoms with Crippen molar-refractivity contribution in [2.75, 3.05) is 0 Å². The Labute approximate surface area is 50.7 Å². The molecule has 0 aromatic rings. The van der Waals surface area contributed by atoms with Gasteiger partial charge in [0.05, 0.1) is 12.4 Å². The van der Waals surface area contributed by atoms with Crippen LogP contribution in [0.2, 0.25) is 0 Å². The number of hydrogen-bond donors (Lipinski definition) is 2. The minimum atomic E-state index is 0. The smallest absolute Gasteiger partial charge is 0.0877 e.